The fraction of sp³-hybridized carbons (Fsp3) is 0.294. The van der Waals surface area contributed by atoms with Gasteiger partial charge in [-0.3, -0.25) is 0 Å². The Hall–Kier alpha value is -1.03. The van der Waals surface area contributed by atoms with Crippen molar-refractivity contribution in [3.8, 4) is 0 Å². The molecule has 1 atom stereocenters. The van der Waals surface area contributed by atoms with Gasteiger partial charge in [-0.2, -0.15) is 0 Å². The predicted octanol–water partition coefficient (Wildman–Crippen LogP) is 4.67. The van der Waals surface area contributed by atoms with Gasteiger partial charge in [0.05, 0.1) is 0 Å². The lowest BCUT2D eigenvalue weighted by atomic mass is 9.98. The van der Waals surface area contributed by atoms with Crippen molar-refractivity contribution in [1.29, 1.82) is 0 Å². The third-order valence-electron chi connectivity index (χ3n) is 3.58. The van der Waals surface area contributed by atoms with E-state index in [4.69, 9.17) is 11.6 Å². The minimum Gasteiger partial charge on any atom is -0.378 e. The maximum absolute atomic E-state index is 6.33. The first-order chi connectivity index (χ1) is 10.0. The van der Waals surface area contributed by atoms with E-state index >= 15 is 0 Å². The van der Waals surface area contributed by atoms with Gasteiger partial charge in [-0.25, -0.2) is 0 Å². The Kier molecular flexibility index (Phi) is 5.68. The molecule has 0 aliphatic heterocycles. The van der Waals surface area contributed by atoms with Crippen LogP contribution in [0.15, 0.2) is 46.9 Å². The highest BCUT2D eigenvalue weighted by Gasteiger charge is 2.13. The van der Waals surface area contributed by atoms with Gasteiger partial charge in [-0.1, -0.05) is 45.7 Å². The molecule has 1 N–H and O–H groups in total. The average Bonchev–Trinajstić information content (AvgIpc) is 2.46. The lowest BCUT2D eigenvalue weighted by Gasteiger charge is -2.20. The van der Waals surface area contributed by atoms with Gasteiger partial charge in [0, 0.05) is 35.3 Å². The molecule has 0 spiro atoms. The number of likely N-dealkylation sites (N-methyl/N-ethyl adjacent to an activating group) is 1. The zero-order chi connectivity index (χ0) is 15.4. The molecule has 0 fully saturated rings. The zero-order valence-corrected chi connectivity index (χ0v) is 14.9. The number of halogens is 2. The molecule has 4 heteroatoms. The van der Waals surface area contributed by atoms with Crippen LogP contribution in [0, 0.1) is 0 Å². The monoisotopic (exact) mass is 366 g/mol. The summed E-state index contributed by atoms with van der Waals surface area (Å²) in [5, 5.41) is 4.19. The van der Waals surface area contributed by atoms with Crippen molar-refractivity contribution in [2.75, 3.05) is 26.0 Å². The van der Waals surface area contributed by atoms with Crippen LogP contribution in [-0.2, 0) is 6.42 Å². The summed E-state index contributed by atoms with van der Waals surface area (Å²) in [5.41, 5.74) is 3.62. The van der Waals surface area contributed by atoms with E-state index < -0.39 is 0 Å². The molecule has 21 heavy (non-hydrogen) atoms. The van der Waals surface area contributed by atoms with Crippen LogP contribution in [0.4, 0.5) is 5.69 Å². The molecule has 0 aromatic heterocycles. The second-order valence-corrected chi connectivity index (χ2v) is 6.59. The molecule has 2 nitrogen and oxygen atoms in total. The fourth-order valence-electron chi connectivity index (χ4n) is 2.31. The largest absolute Gasteiger partial charge is 0.378 e. The maximum atomic E-state index is 6.33. The van der Waals surface area contributed by atoms with Crippen molar-refractivity contribution in [2.45, 2.75) is 12.5 Å². The first kappa shape index (κ1) is 16.3. The highest BCUT2D eigenvalue weighted by Crippen LogP contribution is 2.27. The Morgan fingerprint density at radius 1 is 1.19 bits per heavy atom. The topological polar surface area (TPSA) is 15.3 Å². The molecule has 0 saturated heterocycles. The van der Waals surface area contributed by atoms with E-state index in [1.807, 2.05) is 19.2 Å². The molecule has 0 saturated carbocycles. The Bertz CT molecular complexity index is 613. The standard InChI is InChI=1S/C17H20BrClN2/c1-20-17(10-12-7-8-14(18)11-16(12)19)13-5-4-6-15(9-13)21(2)3/h4-9,11,17,20H,10H2,1-3H3. The van der Waals surface area contributed by atoms with Crippen LogP contribution in [0.5, 0.6) is 0 Å². The molecule has 2 aromatic carbocycles. The third-order valence-corrected chi connectivity index (χ3v) is 4.42. The van der Waals surface area contributed by atoms with Gasteiger partial charge in [0.2, 0.25) is 0 Å². The molecular weight excluding hydrogens is 348 g/mol. The predicted molar refractivity (Wildman–Crippen MR) is 95.4 cm³/mol. The maximum Gasteiger partial charge on any atom is 0.0449 e. The summed E-state index contributed by atoms with van der Waals surface area (Å²) < 4.78 is 1.01. The number of benzene rings is 2. The highest BCUT2D eigenvalue weighted by molar-refractivity contribution is 9.10. The van der Waals surface area contributed by atoms with Gasteiger partial charge in [0.15, 0.2) is 0 Å². The van der Waals surface area contributed by atoms with Crippen molar-refractivity contribution in [1.82, 2.24) is 5.32 Å². The number of nitrogens with one attached hydrogen (secondary N) is 1. The van der Waals surface area contributed by atoms with E-state index in [1.54, 1.807) is 0 Å². The lowest BCUT2D eigenvalue weighted by molar-refractivity contribution is 0.592. The number of nitrogens with zero attached hydrogens (tertiary/aromatic N) is 1. The Morgan fingerprint density at radius 3 is 2.57 bits per heavy atom. The summed E-state index contributed by atoms with van der Waals surface area (Å²) >= 11 is 9.78. The van der Waals surface area contributed by atoms with Crippen LogP contribution in [0.1, 0.15) is 17.2 Å². The molecule has 0 aliphatic carbocycles. The molecule has 2 rings (SSSR count). The number of rotatable bonds is 5. The van der Waals surface area contributed by atoms with Crippen LogP contribution in [0.25, 0.3) is 0 Å². The molecule has 0 amide bonds. The van der Waals surface area contributed by atoms with Gasteiger partial charge in [0.1, 0.15) is 0 Å². The molecular formula is C17H20BrClN2. The third kappa shape index (κ3) is 4.22. The highest BCUT2D eigenvalue weighted by atomic mass is 79.9. The van der Waals surface area contributed by atoms with Gasteiger partial charge >= 0.3 is 0 Å². The summed E-state index contributed by atoms with van der Waals surface area (Å²) in [5.74, 6) is 0. The van der Waals surface area contributed by atoms with Crippen LogP contribution in [0.2, 0.25) is 5.02 Å². The van der Waals surface area contributed by atoms with Gasteiger partial charge in [0.25, 0.3) is 0 Å². The summed E-state index contributed by atoms with van der Waals surface area (Å²) in [4.78, 5) is 2.11. The number of anilines is 1. The van der Waals surface area contributed by atoms with Gasteiger partial charge in [-0.05, 0) is 48.9 Å². The summed E-state index contributed by atoms with van der Waals surface area (Å²) in [6.07, 6.45) is 0.861. The number of hydrogen-bond donors (Lipinski definition) is 1. The van der Waals surface area contributed by atoms with Crippen molar-refractivity contribution in [3.05, 3.63) is 63.1 Å². The molecule has 112 valence electrons. The van der Waals surface area contributed by atoms with Crippen LogP contribution in [0.3, 0.4) is 0 Å². The summed E-state index contributed by atoms with van der Waals surface area (Å²) in [7, 11) is 6.10. The van der Waals surface area contributed by atoms with Gasteiger partial charge < -0.3 is 10.2 Å². The van der Waals surface area contributed by atoms with Crippen LogP contribution >= 0.6 is 27.5 Å². The molecule has 0 bridgehead atoms. The Morgan fingerprint density at radius 2 is 1.95 bits per heavy atom. The van der Waals surface area contributed by atoms with E-state index in [-0.39, 0.29) is 6.04 Å². The second-order valence-electron chi connectivity index (χ2n) is 5.27. The lowest BCUT2D eigenvalue weighted by Crippen LogP contribution is -2.19. The normalized spacial score (nSPS) is 12.2. The van der Waals surface area contributed by atoms with Crippen LogP contribution in [-0.4, -0.2) is 21.1 Å². The molecule has 2 aromatic rings. The van der Waals surface area contributed by atoms with Crippen molar-refractivity contribution in [3.63, 3.8) is 0 Å². The molecule has 1 unspecified atom stereocenters. The zero-order valence-electron chi connectivity index (χ0n) is 12.5. The minimum atomic E-state index is 0.239. The van der Waals surface area contributed by atoms with Crippen molar-refractivity contribution in [2.24, 2.45) is 0 Å². The summed E-state index contributed by atoms with van der Waals surface area (Å²) in [6, 6.07) is 14.9. The summed E-state index contributed by atoms with van der Waals surface area (Å²) in [6.45, 7) is 0. The first-order valence-electron chi connectivity index (χ1n) is 6.89. The van der Waals surface area contributed by atoms with E-state index in [1.165, 1.54) is 11.3 Å². The van der Waals surface area contributed by atoms with E-state index in [9.17, 15) is 0 Å². The quantitative estimate of drug-likeness (QED) is 0.826. The van der Waals surface area contributed by atoms with E-state index in [0.29, 0.717) is 0 Å². The van der Waals surface area contributed by atoms with Crippen LogP contribution < -0.4 is 10.2 Å². The van der Waals surface area contributed by atoms with Gasteiger partial charge in [-0.15, -0.1) is 0 Å². The van der Waals surface area contributed by atoms with Crippen molar-refractivity contribution < 1.29 is 0 Å². The van der Waals surface area contributed by atoms with E-state index in [0.717, 1.165) is 21.5 Å². The molecule has 0 heterocycles. The fourth-order valence-corrected chi connectivity index (χ4v) is 3.06. The average molecular weight is 368 g/mol. The molecule has 0 aliphatic rings. The van der Waals surface area contributed by atoms with Crippen molar-refractivity contribution >= 4 is 33.2 Å². The first-order valence-corrected chi connectivity index (χ1v) is 8.07. The van der Waals surface area contributed by atoms with E-state index in [2.05, 4.69) is 70.6 Å². The minimum absolute atomic E-state index is 0.239. The Labute approximate surface area is 140 Å². The number of hydrogen-bond acceptors (Lipinski definition) is 2. The smallest absolute Gasteiger partial charge is 0.0449 e. The molecule has 0 radical (unpaired) electrons. The SMILES string of the molecule is CNC(Cc1ccc(Br)cc1Cl)c1cccc(N(C)C)c1. The Balaban J connectivity index is 2.25. The second kappa shape index (κ2) is 7.30.